The zero-order valence-corrected chi connectivity index (χ0v) is 100. The summed E-state index contributed by atoms with van der Waals surface area (Å²) >= 11 is 0. The molecule has 0 unspecified atom stereocenters. The lowest BCUT2D eigenvalue weighted by atomic mass is 10.2. The molecule has 0 saturated carbocycles. The van der Waals surface area contributed by atoms with E-state index in [-0.39, 0.29) is 5.48 Å². The molecule has 2 N–H and O–H groups in total. The Bertz CT molecular complexity index is 730. The van der Waals surface area contributed by atoms with E-state index in [1.165, 1.54) is 578 Å². The standard InChI is InChI=1S/18C7H16.H2O/c18*1-3-5-7-6-4-2;/h18*3-7H2,1-2H3;1H2. The van der Waals surface area contributed by atoms with Crippen molar-refractivity contribution in [3.63, 3.8) is 0 Å². The number of hydrogen-bond acceptors (Lipinski definition) is 0. The van der Waals surface area contributed by atoms with E-state index in [1.807, 2.05) is 0 Å². The van der Waals surface area contributed by atoms with Gasteiger partial charge in [0.25, 0.3) is 0 Å². The fourth-order valence-electron chi connectivity index (χ4n) is 12.2. The minimum Gasteiger partial charge on any atom is -0.412 e. The Morgan fingerprint density at radius 3 is 0.0866 bits per heavy atom. The number of unbranched alkanes of at least 4 members (excludes halogenated alkanes) is 72. The Labute approximate surface area is 827 Å². The molecule has 0 aliphatic carbocycles. The van der Waals surface area contributed by atoms with Crippen LogP contribution in [-0.4, -0.2) is 5.48 Å². The lowest BCUT2D eigenvalue weighted by molar-refractivity contribution is 0.656. The predicted octanol–water partition coefficient (Wildman–Crippen LogP) is 52.8. The monoisotopic (exact) mass is 1820 g/mol. The molecule has 0 aromatic rings. The maximum atomic E-state index is 2.25. The molecule has 0 aliphatic heterocycles. The normalized spacial score (nSPS) is 9.35. The molecule has 127 heavy (non-hydrogen) atoms. The van der Waals surface area contributed by atoms with Crippen molar-refractivity contribution in [1.82, 2.24) is 0 Å². The molecule has 0 saturated heterocycles. The summed E-state index contributed by atoms with van der Waals surface area (Å²) in [5, 5.41) is 0. The van der Waals surface area contributed by atoms with Crippen LogP contribution < -0.4 is 0 Å². The van der Waals surface area contributed by atoms with Crippen molar-refractivity contribution in [3.05, 3.63) is 0 Å². The van der Waals surface area contributed by atoms with Crippen molar-refractivity contribution in [2.75, 3.05) is 0 Å². The molecule has 0 aliphatic rings. The van der Waals surface area contributed by atoms with Gasteiger partial charge in [0.05, 0.1) is 0 Å². The van der Waals surface area contributed by atoms with Crippen LogP contribution in [0.3, 0.4) is 0 Å². The van der Waals surface area contributed by atoms with Crippen molar-refractivity contribution < 1.29 is 5.48 Å². The average Bonchev–Trinajstić information content (AvgIpc) is 3.85. The van der Waals surface area contributed by atoms with Crippen LogP contribution in [-0.2, 0) is 0 Å². The van der Waals surface area contributed by atoms with E-state index in [0.29, 0.717) is 0 Å². The molecule has 0 rings (SSSR count). The van der Waals surface area contributed by atoms with Gasteiger partial charge in [0, 0.05) is 0 Å². The summed E-state index contributed by atoms with van der Waals surface area (Å²) in [7, 11) is 0. The maximum Gasteiger partial charge on any atom is -0.0533 e. The second-order valence-electron chi connectivity index (χ2n) is 37.1. The lowest BCUT2D eigenvalue weighted by Gasteiger charge is -1.90. The highest BCUT2D eigenvalue weighted by molar-refractivity contribution is 4.46. The van der Waals surface area contributed by atoms with Gasteiger partial charge >= 0.3 is 0 Å². The van der Waals surface area contributed by atoms with E-state index in [0.717, 1.165) is 0 Å². The lowest BCUT2D eigenvalue weighted by Crippen LogP contribution is -1.70. The summed E-state index contributed by atoms with van der Waals surface area (Å²) in [5.41, 5.74) is 0. The van der Waals surface area contributed by atoms with Crippen LogP contribution in [0.1, 0.15) is 827 Å². The van der Waals surface area contributed by atoms with Gasteiger partial charge < -0.3 is 5.48 Å². The molecule has 0 aromatic carbocycles. The average molecular weight is 1820 g/mol. The van der Waals surface area contributed by atoms with Crippen LogP contribution in [0.2, 0.25) is 0 Å². The van der Waals surface area contributed by atoms with Crippen LogP contribution in [0.25, 0.3) is 0 Å². The van der Waals surface area contributed by atoms with Gasteiger partial charge in [0.1, 0.15) is 0 Å². The second kappa shape index (κ2) is 243. The molecule has 1 nitrogen and oxygen atoms in total. The van der Waals surface area contributed by atoms with Crippen LogP contribution >= 0.6 is 0 Å². The predicted molar refractivity (Wildman–Crippen MR) is 623 cm³/mol. The molecule has 0 radical (unpaired) electrons. The minimum atomic E-state index is 0. The van der Waals surface area contributed by atoms with Crippen LogP contribution in [0.15, 0.2) is 0 Å². The third-order valence-electron chi connectivity index (χ3n) is 21.7. The van der Waals surface area contributed by atoms with Crippen molar-refractivity contribution in [3.8, 4) is 0 Å². The van der Waals surface area contributed by atoms with E-state index in [4.69, 9.17) is 0 Å². The van der Waals surface area contributed by atoms with E-state index < -0.39 is 0 Å². The largest absolute Gasteiger partial charge is 0.412 e. The van der Waals surface area contributed by atoms with Gasteiger partial charge in [-0.05, 0) is 0 Å². The Kier molecular flexibility index (Phi) is 331. The minimum absolute atomic E-state index is 0. The summed E-state index contributed by atoms with van der Waals surface area (Å²) in [6.45, 7) is 80.8. The quantitative estimate of drug-likeness (QED) is 0.0544. The van der Waals surface area contributed by atoms with E-state index in [2.05, 4.69) is 249 Å². The van der Waals surface area contributed by atoms with Crippen molar-refractivity contribution in [2.45, 2.75) is 827 Å². The molecule has 0 bridgehead atoms. The first-order chi connectivity index (χ1) is 61.5. The molecule has 0 atom stereocenters. The van der Waals surface area contributed by atoms with Gasteiger partial charge in [-0.1, -0.05) is 827 Å². The first kappa shape index (κ1) is 173. The highest BCUT2D eigenvalue weighted by Crippen LogP contribution is 2.10. The Hall–Kier alpha value is -0.0400. The molecule has 0 amide bonds. The third kappa shape index (κ3) is 374. The Morgan fingerprint density at radius 2 is 0.0709 bits per heavy atom. The summed E-state index contributed by atoms with van der Waals surface area (Å²) in [6.07, 6.45) is 126. The van der Waals surface area contributed by atoms with Crippen molar-refractivity contribution in [2.24, 2.45) is 0 Å². The van der Waals surface area contributed by atoms with Crippen LogP contribution in [0.4, 0.5) is 0 Å². The first-order valence-corrected chi connectivity index (χ1v) is 61.5. The highest BCUT2D eigenvalue weighted by atomic mass is 16.0. The van der Waals surface area contributed by atoms with Crippen molar-refractivity contribution >= 4 is 0 Å². The molecule has 1 heteroatoms. The van der Waals surface area contributed by atoms with Gasteiger partial charge in [0.2, 0.25) is 0 Å². The molecule has 0 heterocycles. The van der Waals surface area contributed by atoms with E-state index >= 15 is 0 Å². The summed E-state index contributed by atoms with van der Waals surface area (Å²) in [4.78, 5) is 0. The second-order valence-corrected chi connectivity index (χ2v) is 37.1. The van der Waals surface area contributed by atoms with Crippen LogP contribution in [0, 0.1) is 0 Å². The van der Waals surface area contributed by atoms with E-state index in [1.54, 1.807) is 0 Å². The molecular weight excluding hydrogens is 1530 g/mol. The molecule has 0 fully saturated rings. The van der Waals surface area contributed by atoms with Gasteiger partial charge in [-0.15, -0.1) is 0 Å². The van der Waals surface area contributed by atoms with Gasteiger partial charge in [0.15, 0.2) is 0 Å². The highest BCUT2D eigenvalue weighted by Gasteiger charge is 1.90. The first-order valence-electron chi connectivity index (χ1n) is 61.5. The maximum absolute atomic E-state index is 2.25. The molecular formula is C126H290O. The fourth-order valence-corrected chi connectivity index (χ4v) is 12.2. The summed E-state index contributed by atoms with van der Waals surface area (Å²) in [5.74, 6) is 0. The molecule has 0 aromatic heterocycles. The SMILES string of the molecule is CCCCCCC.CCCCCCC.CCCCCCC.CCCCCCC.CCCCCCC.CCCCCCC.CCCCCCC.CCCCCCC.CCCCCCC.CCCCCCC.CCCCCCC.CCCCCCC.CCCCCCC.CCCCCCC.CCCCCCC.CCCCCCC.CCCCCCC.CCCCCCC.O. The zero-order chi connectivity index (χ0) is 99.6. The number of rotatable bonds is 72. The van der Waals surface area contributed by atoms with E-state index in [9.17, 15) is 0 Å². The van der Waals surface area contributed by atoms with Crippen molar-refractivity contribution in [1.29, 1.82) is 0 Å². The van der Waals surface area contributed by atoms with Gasteiger partial charge in [-0.3, -0.25) is 0 Å². The smallest absolute Gasteiger partial charge is 0.0533 e. The van der Waals surface area contributed by atoms with Gasteiger partial charge in [-0.25, -0.2) is 0 Å². The molecule has 800 valence electrons. The summed E-state index contributed by atoms with van der Waals surface area (Å²) < 4.78 is 0. The Balaban J connectivity index is -0.0000000572. The summed E-state index contributed by atoms with van der Waals surface area (Å²) in [6, 6.07) is 0. The van der Waals surface area contributed by atoms with Gasteiger partial charge in [-0.2, -0.15) is 0 Å². The molecule has 0 spiro atoms. The zero-order valence-electron chi connectivity index (χ0n) is 100. The van der Waals surface area contributed by atoms with Crippen LogP contribution in [0.5, 0.6) is 0 Å². The number of hydrogen-bond donors (Lipinski definition) is 0. The topological polar surface area (TPSA) is 31.5 Å². The third-order valence-corrected chi connectivity index (χ3v) is 21.7. The Morgan fingerprint density at radius 1 is 0.0472 bits per heavy atom. The fraction of sp³-hybridized carbons (Fsp3) is 1.00.